The number of rotatable bonds is 13. The summed E-state index contributed by atoms with van der Waals surface area (Å²) in [5.41, 5.74) is -5.65. The van der Waals surface area contributed by atoms with Crippen molar-refractivity contribution in [3.63, 3.8) is 0 Å². The molecule has 8 aromatic rings. The normalized spacial score (nSPS) is 10.2. The van der Waals surface area contributed by atoms with Gasteiger partial charge in [-0.2, -0.15) is 13.2 Å². The van der Waals surface area contributed by atoms with Crippen molar-refractivity contribution < 1.29 is 84.4 Å². The fraction of sp³-hybridized carbons (Fsp3) is 0.0536. The van der Waals surface area contributed by atoms with E-state index in [-0.39, 0.29) is 61.0 Å². The molecule has 0 bridgehead atoms. The van der Waals surface area contributed by atoms with Gasteiger partial charge in [0.15, 0.2) is 10.1 Å². The van der Waals surface area contributed by atoms with Crippen molar-refractivity contribution >= 4 is 84.2 Å². The van der Waals surface area contributed by atoms with Crippen LogP contribution in [-0.2, 0) is 59.6 Å². The molecule has 0 aliphatic carbocycles. The van der Waals surface area contributed by atoms with Crippen molar-refractivity contribution in [3.8, 4) is 0 Å². The quantitative estimate of drug-likeness (QED) is 0.0287. The molecule has 0 heterocycles. The molecule has 385 valence electrons. The zero-order chi connectivity index (χ0) is 51.0. The van der Waals surface area contributed by atoms with Crippen molar-refractivity contribution in [2.24, 2.45) is 0 Å². The average molecular weight is 1440 g/mol. The molecule has 0 aromatic heterocycles. The SMILES string of the molecule is F[CH][CH-]F.O=S(=O)([O-])C(F)(F)F.[C-]#[O+].[C-]#[O+].[CH3-].[Ir].[Ir].c1ccc(P(CP(c2ccccc2)c2ccccc2)c2ccccc2)cc1.c1ccc(P(CP(c2ccccc2)c2ccccc2)c2ccccc2)cc1. The first-order valence-corrected chi connectivity index (χ1v) is 28.3. The summed E-state index contributed by atoms with van der Waals surface area (Å²) in [6.07, 6.45) is 0. The van der Waals surface area contributed by atoms with Gasteiger partial charge in [-0.05, 0) is 74.1 Å². The summed E-state index contributed by atoms with van der Waals surface area (Å²) in [4.78, 5) is 0. The Labute approximate surface area is 459 Å². The summed E-state index contributed by atoms with van der Waals surface area (Å²) < 4.78 is 94.2. The molecule has 0 atom stereocenters. The predicted octanol–water partition coefficient (Wildman–Crippen LogP) is 12.1. The van der Waals surface area contributed by atoms with E-state index >= 15 is 0 Å². The number of hydrogen-bond acceptors (Lipinski definition) is 3. The Bertz CT molecular complexity index is 2260. The molecule has 3 radical (unpaired) electrons. The Hall–Kier alpha value is -4.18. The Morgan fingerprint density at radius 1 is 0.411 bits per heavy atom. The van der Waals surface area contributed by atoms with Gasteiger partial charge in [-0.15, -0.1) is 6.67 Å². The molecule has 0 saturated carbocycles. The number of halogens is 5. The summed E-state index contributed by atoms with van der Waals surface area (Å²) in [6.45, 7) is 8.67. The minimum absolute atomic E-state index is 0. The van der Waals surface area contributed by atoms with Crippen LogP contribution >= 0.6 is 31.7 Å². The minimum Gasteiger partial charge on any atom is -0.358 e. The minimum atomic E-state index is -6.09. The molecule has 0 aliphatic heterocycles. The third kappa shape index (κ3) is 24.4. The van der Waals surface area contributed by atoms with E-state index in [0.717, 1.165) is 0 Å². The van der Waals surface area contributed by atoms with Crippen LogP contribution in [0.1, 0.15) is 0 Å². The molecular formula is C56H49F5Ir2O5P4S-3. The van der Waals surface area contributed by atoms with Crippen LogP contribution in [0, 0.1) is 34.1 Å². The van der Waals surface area contributed by atoms with E-state index in [9.17, 15) is 22.0 Å². The van der Waals surface area contributed by atoms with E-state index in [2.05, 4.69) is 256 Å². The van der Waals surface area contributed by atoms with Crippen LogP contribution in [0.25, 0.3) is 0 Å². The number of hydrogen-bond donors (Lipinski definition) is 0. The molecule has 0 aliphatic rings. The number of benzene rings is 8. The van der Waals surface area contributed by atoms with E-state index in [0.29, 0.717) is 0 Å². The van der Waals surface area contributed by atoms with Gasteiger partial charge in [0.05, 0.1) is 0 Å². The van der Waals surface area contributed by atoms with Crippen LogP contribution in [0.2, 0.25) is 0 Å². The van der Waals surface area contributed by atoms with Gasteiger partial charge in [-0.3, -0.25) is 4.39 Å². The second-order valence-corrected chi connectivity index (χ2v) is 25.0. The van der Waals surface area contributed by atoms with E-state index in [1.54, 1.807) is 0 Å². The van der Waals surface area contributed by atoms with Crippen LogP contribution in [0.3, 0.4) is 0 Å². The van der Waals surface area contributed by atoms with Crippen LogP contribution < -0.4 is 42.4 Å². The van der Waals surface area contributed by atoms with Gasteiger partial charge in [-0.1, -0.05) is 243 Å². The topological polar surface area (TPSA) is 97.0 Å². The third-order valence-electron chi connectivity index (χ3n) is 9.44. The molecule has 0 amide bonds. The van der Waals surface area contributed by atoms with E-state index in [1.807, 2.05) is 0 Å². The first-order valence-electron chi connectivity index (χ1n) is 20.8. The first kappa shape index (κ1) is 68.8. The maximum absolute atomic E-state index is 10.7. The summed E-state index contributed by atoms with van der Waals surface area (Å²) in [7, 11) is -7.72. The molecule has 73 heavy (non-hydrogen) atoms. The predicted molar refractivity (Wildman–Crippen MR) is 287 cm³/mol. The van der Waals surface area contributed by atoms with E-state index in [4.69, 9.17) is 22.3 Å². The molecule has 8 rings (SSSR count). The van der Waals surface area contributed by atoms with Gasteiger partial charge in [0.2, 0.25) is 0 Å². The standard InChI is InChI=1S/2C25H22P2.C2H2F2.CHF3O3S.2CO.CH3.2Ir/c2*1-5-13-22(14-6-1)26(23-15-7-2-8-16-23)21-27(24-17-9-3-10-18-24)25-19-11-4-12-20-25;3-1-2-4;2-1(3,4)8(5,6)7;2*1-2;;;/h2*1-20H,21H2;1-2H;(H,5,6,7);;;1H3;;/q;;-1;;;;-1;;/p-1. The Kier molecular flexibility index (Phi) is 37.0. The fourth-order valence-corrected chi connectivity index (χ4v) is 19.3. The largest absolute Gasteiger partial charge is 0.358 e. The second kappa shape index (κ2) is 39.3. The molecule has 0 unspecified atom stereocenters. The maximum atomic E-state index is 10.7. The van der Waals surface area contributed by atoms with Crippen molar-refractivity contribution in [3.05, 3.63) is 277 Å². The molecule has 0 N–H and O–H groups in total. The average Bonchev–Trinajstić information content (AvgIpc) is 3.42. The maximum Gasteiger partial charge on any atom is 0.00405 e. The van der Waals surface area contributed by atoms with Crippen molar-refractivity contribution in [2.75, 3.05) is 11.8 Å². The summed E-state index contributed by atoms with van der Waals surface area (Å²) in [5, 5.41) is 11.7. The van der Waals surface area contributed by atoms with E-state index < -0.39 is 47.3 Å². The summed E-state index contributed by atoms with van der Waals surface area (Å²) in [5.74, 6) is 2.35. The Balaban J connectivity index is 0.00000107. The van der Waals surface area contributed by atoms with Gasteiger partial charge in [0, 0.05) is 58.7 Å². The Morgan fingerprint density at radius 2 is 0.521 bits per heavy atom. The van der Waals surface area contributed by atoms with Gasteiger partial charge in [-0.25, -0.2) is 8.42 Å². The zero-order valence-corrected chi connectivity index (χ0v) is 48.1. The first-order chi connectivity index (χ1) is 34.0. The summed E-state index contributed by atoms with van der Waals surface area (Å²) >= 11 is 0. The van der Waals surface area contributed by atoms with Crippen molar-refractivity contribution in [2.45, 2.75) is 5.51 Å². The Morgan fingerprint density at radius 3 is 0.603 bits per heavy atom. The van der Waals surface area contributed by atoms with Crippen LogP contribution in [0.15, 0.2) is 243 Å². The zero-order valence-electron chi connectivity index (χ0n) is 39.0. The van der Waals surface area contributed by atoms with Crippen LogP contribution in [-0.4, -0.2) is 30.3 Å². The summed E-state index contributed by atoms with van der Waals surface area (Å²) in [6, 6.07) is 88.3. The van der Waals surface area contributed by atoms with Crippen LogP contribution in [0.4, 0.5) is 22.0 Å². The molecular weight excluding hydrogens is 1390 g/mol. The van der Waals surface area contributed by atoms with Gasteiger partial charge in [0.25, 0.3) is 0 Å². The second-order valence-electron chi connectivity index (χ2n) is 13.8. The van der Waals surface area contributed by atoms with Crippen LogP contribution in [0.5, 0.6) is 0 Å². The van der Waals surface area contributed by atoms with Crippen molar-refractivity contribution in [1.82, 2.24) is 0 Å². The molecule has 0 fully saturated rings. The fourth-order valence-electron chi connectivity index (χ4n) is 6.40. The molecule has 0 spiro atoms. The molecule has 5 nitrogen and oxygen atoms in total. The third-order valence-corrected chi connectivity index (χ3v) is 21.9. The van der Waals surface area contributed by atoms with Gasteiger partial charge >= 0.3 is 28.1 Å². The van der Waals surface area contributed by atoms with Gasteiger partial charge in [0.1, 0.15) is 0 Å². The molecule has 0 saturated heterocycles. The monoisotopic (exact) mass is 1440 g/mol. The van der Waals surface area contributed by atoms with Crippen molar-refractivity contribution in [1.29, 1.82) is 0 Å². The van der Waals surface area contributed by atoms with E-state index in [1.165, 1.54) is 54.2 Å². The smallest absolute Gasteiger partial charge is 0.00405 e. The van der Waals surface area contributed by atoms with Gasteiger partial charge < -0.3 is 16.4 Å². The molecule has 17 heteroatoms. The molecule has 8 aromatic carbocycles. The number of alkyl halides is 3.